The molecular weight excluding hydrogens is 466 g/mol. The van der Waals surface area contributed by atoms with E-state index >= 15 is 0 Å². The van der Waals surface area contributed by atoms with Crippen molar-refractivity contribution in [1.29, 1.82) is 0 Å². The van der Waals surface area contributed by atoms with Gasteiger partial charge in [-0.3, -0.25) is 9.69 Å². The van der Waals surface area contributed by atoms with E-state index in [9.17, 15) is 13.2 Å². The van der Waals surface area contributed by atoms with Gasteiger partial charge in [0.15, 0.2) is 0 Å². The third-order valence-corrected chi connectivity index (χ3v) is 7.14. The quantitative estimate of drug-likeness (QED) is 0.441. The van der Waals surface area contributed by atoms with Crippen molar-refractivity contribution in [1.82, 2.24) is 19.8 Å². The molecule has 1 saturated heterocycles. The number of hydrogen-bond acceptors (Lipinski definition) is 6. The van der Waals surface area contributed by atoms with Gasteiger partial charge in [0, 0.05) is 39.0 Å². The maximum absolute atomic E-state index is 13.0. The Balaban J connectivity index is 1.48. The second-order valence-electron chi connectivity index (χ2n) is 8.82. The molecule has 4 rings (SSSR count). The van der Waals surface area contributed by atoms with Crippen LogP contribution in [0.1, 0.15) is 37.2 Å². The molecule has 9 nitrogen and oxygen atoms in total. The number of carbonyl (C=O) groups excluding carboxylic acids is 1. The van der Waals surface area contributed by atoms with Crippen molar-refractivity contribution in [2.75, 3.05) is 32.8 Å². The highest BCUT2D eigenvalue weighted by atomic mass is 32.2. The SMILES string of the molecule is CCCn1c(CCC(=O)NC(CN2CCOCC2)c2ccccc2)nc2cc(S(N)(=O)=O)ccc21. The zero-order valence-electron chi connectivity index (χ0n) is 20.0. The number of fused-ring (bicyclic) bond motifs is 1. The van der Waals surface area contributed by atoms with Gasteiger partial charge >= 0.3 is 0 Å². The first-order valence-electron chi connectivity index (χ1n) is 12.0. The van der Waals surface area contributed by atoms with E-state index in [2.05, 4.69) is 26.7 Å². The molecule has 2 heterocycles. The molecule has 2 aromatic carbocycles. The summed E-state index contributed by atoms with van der Waals surface area (Å²) in [4.78, 5) is 20.0. The van der Waals surface area contributed by atoms with Crippen LogP contribution in [0.4, 0.5) is 0 Å². The van der Waals surface area contributed by atoms with Crippen LogP contribution in [-0.2, 0) is 32.5 Å². The van der Waals surface area contributed by atoms with E-state index < -0.39 is 10.0 Å². The number of benzene rings is 2. The number of aromatic nitrogens is 2. The largest absolute Gasteiger partial charge is 0.379 e. The molecule has 35 heavy (non-hydrogen) atoms. The minimum Gasteiger partial charge on any atom is -0.379 e. The Morgan fingerprint density at radius 1 is 1.17 bits per heavy atom. The van der Waals surface area contributed by atoms with E-state index in [0.29, 0.717) is 25.2 Å². The summed E-state index contributed by atoms with van der Waals surface area (Å²) in [6.07, 6.45) is 1.61. The van der Waals surface area contributed by atoms with Crippen molar-refractivity contribution in [2.24, 2.45) is 5.14 Å². The van der Waals surface area contributed by atoms with Gasteiger partial charge in [-0.1, -0.05) is 37.3 Å². The van der Waals surface area contributed by atoms with Crippen molar-refractivity contribution < 1.29 is 17.9 Å². The van der Waals surface area contributed by atoms with E-state index in [1.54, 1.807) is 6.07 Å². The minimum atomic E-state index is -3.81. The van der Waals surface area contributed by atoms with Gasteiger partial charge in [0.25, 0.3) is 0 Å². The van der Waals surface area contributed by atoms with Gasteiger partial charge in [0.1, 0.15) is 5.82 Å². The van der Waals surface area contributed by atoms with Crippen LogP contribution >= 0.6 is 0 Å². The van der Waals surface area contributed by atoms with E-state index in [0.717, 1.165) is 49.5 Å². The number of carbonyl (C=O) groups is 1. The zero-order chi connectivity index (χ0) is 24.8. The van der Waals surface area contributed by atoms with Gasteiger partial charge in [0.2, 0.25) is 15.9 Å². The summed E-state index contributed by atoms with van der Waals surface area (Å²) in [5, 5.41) is 8.50. The summed E-state index contributed by atoms with van der Waals surface area (Å²) in [7, 11) is -3.81. The molecule has 10 heteroatoms. The molecule has 188 valence electrons. The minimum absolute atomic E-state index is 0.0317. The third kappa shape index (κ3) is 6.46. The Morgan fingerprint density at radius 3 is 2.60 bits per heavy atom. The molecule has 0 radical (unpaired) electrons. The Morgan fingerprint density at radius 2 is 1.91 bits per heavy atom. The topological polar surface area (TPSA) is 120 Å². The van der Waals surface area contributed by atoms with Crippen molar-refractivity contribution >= 4 is 27.0 Å². The maximum atomic E-state index is 13.0. The molecule has 1 amide bonds. The number of morpholine rings is 1. The second kappa shape index (κ2) is 11.3. The molecular formula is C25H33N5O4S. The van der Waals surface area contributed by atoms with Crippen LogP contribution in [0.2, 0.25) is 0 Å². The van der Waals surface area contributed by atoms with Gasteiger partial charge in [-0.2, -0.15) is 0 Å². The summed E-state index contributed by atoms with van der Waals surface area (Å²) in [6, 6.07) is 14.6. The van der Waals surface area contributed by atoms with E-state index in [1.807, 2.05) is 30.3 Å². The fraction of sp³-hybridized carbons (Fsp3) is 0.440. The lowest BCUT2D eigenvalue weighted by molar-refractivity contribution is -0.122. The van der Waals surface area contributed by atoms with Crippen molar-refractivity contribution in [3.05, 3.63) is 59.9 Å². The molecule has 1 unspecified atom stereocenters. The molecule has 3 aromatic rings. The van der Waals surface area contributed by atoms with Crippen LogP contribution in [0.5, 0.6) is 0 Å². The molecule has 1 aromatic heterocycles. The molecule has 1 aliphatic rings. The number of ether oxygens (including phenoxy) is 1. The highest BCUT2D eigenvalue weighted by Crippen LogP contribution is 2.22. The number of rotatable bonds is 10. The normalized spacial score (nSPS) is 15.8. The van der Waals surface area contributed by atoms with E-state index in [4.69, 9.17) is 9.88 Å². The molecule has 0 aliphatic carbocycles. The predicted molar refractivity (Wildman–Crippen MR) is 134 cm³/mol. The summed E-state index contributed by atoms with van der Waals surface area (Å²) in [5.41, 5.74) is 2.47. The summed E-state index contributed by atoms with van der Waals surface area (Å²) in [5.74, 6) is 0.709. The average Bonchev–Trinajstić information content (AvgIpc) is 3.20. The monoisotopic (exact) mass is 499 g/mol. The Bertz CT molecular complexity index is 1250. The number of primary sulfonamides is 1. The number of nitrogens with zero attached hydrogens (tertiary/aromatic N) is 3. The number of sulfonamides is 1. The van der Waals surface area contributed by atoms with Crippen molar-refractivity contribution in [2.45, 2.75) is 43.7 Å². The highest BCUT2D eigenvalue weighted by Gasteiger charge is 2.21. The van der Waals surface area contributed by atoms with Crippen molar-refractivity contribution in [3.8, 4) is 0 Å². The lowest BCUT2D eigenvalue weighted by Gasteiger charge is -2.31. The molecule has 1 aliphatic heterocycles. The number of aryl methyl sites for hydroxylation is 2. The van der Waals surface area contributed by atoms with Crippen LogP contribution in [0.3, 0.4) is 0 Å². The first kappa shape index (κ1) is 25.3. The maximum Gasteiger partial charge on any atom is 0.238 e. The summed E-state index contributed by atoms with van der Waals surface area (Å²) < 4.78 is 31.0. The highest BCUT2D eigenvalue weighted by molar-refractivity contribution is 7.89. The van der Waals surface area contributed by atoms with Gasteiger partial charge in [-0.25, -0.2) is 18.5 Å². The smallest absolute Gasteiger partial charge is 0.238 e. The molecule has 0 saturated carbocycles. The predicted octanol–water partition coefficient (Wildman–Crippen LogP) is 2.22. The van der Waals surface area contributed by atoms with Crippen LogP contribution in [-0.4, -0.2) is 61.6 Å². The molecule has 3 N–H and O–H groups in total. The van der Waals surface area contributed by atoms with E-state index in [-0.39, 0.29) is 23.3 Å². The average molecular weight is 500 g/mol. The van der Waals surface area contributed by atoms with Crippen LogP contribution in [0.15, 0.2) is 53.4 Å². The number of nitrogens with two attached hydrogens (primary N) is 1. The fourth-order valence-corrected chi connectivity index (χ4v) is 4.99. The standard InChI is InChI=1S/C25H33N5O4S/c1-2-12-30-23-9-8-20(35(26,32)33)17-21(23)27-24(30)10-11-25(31)28-22(19-6-4-3-5-7-19)18-29-13-15-34-16-14-29/h3-9,17,22H,2,10-16,18H2,1H3,(H,28,31)(H2,26,32,33). The van der Waals surface area contributed by atoms with Gasteiger partial charge < -0.3 is 14.6 Å². The Kier molecular flexibility index (Phi) is 8.17. The van der Waals surface area contributed by atoms with Crippen LogP contribution < -0.4 is 10.5 Å². The fourth-order valence-electron chi connectivity index (χ4n) is 4.45. The number of nitrogens with one attached hydrogen (secondary N) is 1. The van der Waals surface area contributed by atoms with Crippen LogP contribution in [0, 0.1) is 0 Å². The first-order chi connectivity index (χ1) is 16.8. The zero-order valence-corrected chi connectivity index (χ0v) is 20.8. The lowest BCUT2D eigenvalue weighted by Crippen LogP contribution is -2.43. The second-order valence-corrected chi connectivity index (χ2v) is 10.4. The first-order valence-corrected chi connectivity index (χ1v) is 13.6. The Labute approximate surface area is 206 Å². The number of hydrogen-bond donors (Lipinski definition) is 2. The third-order valence-electron chi connectivity index (χ3n) is 6.23. The van der Waals surface area contributed by atoms with E-state index in [1.165, 1.54) is 12.1 Å². The van der Waals surface area contributed by atoms with Crippen molar-refractivity contribution in [3.63, 3.8) is 0 Å². The molecule has 0 spiro atoms. The van der Waals surface area contributed by atoms with Gasteiger partial charge in [-0.05, 0) is 30.2 Å². The van der Waals surface area contributed by atoms with Gasteiger partial charge in [0.05, 0.1) is 35.2 Å². The lowest BCUT2D eigenvalue weighted by atomic mass is 10.1. The molecule has 0 bridgehead atoms. The van der Waals surface area contributed by atoms with Crippen LogP contribution in [0.25, 0.3) is 11.0 Å². The number of imidazole rings is 1. The summed E-state index contributed by atoms with van der Waals surface area (Å²) in [6.45, 7) is 6.63. The van der Waals surface area contributed by atoms with Gasteiger partial charge in [-0.15, -0.1) is 0 Å². The number of amides is 1. The summed E-state index contributed by atoms with van der Waals surface area (Å²) >= 11 is 0. The molecule has 1 fully saturated rings. The molecule has 1 atom stereocenters. The Hall–Kier alpha value is -2.79.